The molecule has 0 N–H and O–H groups in total. The van der Waals surface area contributed by atoms with Crippen LogP contribution in [-0.2, 0) is 12.0 Å². The van der Waals surface area contributed by atoms with Crippen molar-refractivity contribution in [2.45, 2.75) is 24.8 Å². The van der Waals surface area contributed by atoms with Crippen LogP contribution in [0.4, 0.5) is 4.39 Å². The first kappa shape index (κ1) is 13.0. The van der Waals surface area contributed by atoms with E-state index in [1.54, 1.807) is 12.1 Å². The first-order chi connectivity index (χ1) is 10.3. The van der Waals surface area contributed by atoms with E-state index in [4.69, 9.17) is 0 Å². The minimum absolute atomic E-state index is 0.135. The van der Waals surface area contributed by atoms with E-state index in [2.05, 4.69) is 35.2 Å². The number of benzene rings is 2. The maximum absolute atomic E-state index is 13.1. The highest BCUT2D eigenvalue weighted by molar-refractivity contribution is 5.35. The van der Waals surface area contributed by atoms with E-state index >= 15 is 0 Å². The molecule has 2 unspecified atom stereocenters. The molecule has 1 aliphatic heterocycles. The van der Waals surface area contributed by atoms with E-state index < -0.39 is 0 Å². The quantitative estimate of drug-likeness (QED) is 0.822. The molecule has 4 rings (SSSR count). The maximum atomic E-state index is 13.1. The minimum Gasteiger partial charge on any atom is -0.298 e. The van der Waals surface area contributed by atoms with Gasteiger partial charge in [0.25, 0.3) is 0 Å². The van der Waals surface area contributed by atoms with Gasteiger partial charge in [0.1, 0.15) is 5.82 Å². The molecule has 0 bridgehead atoms. The molecule has 21 heavy (non-hydrogen) atoms. The number of halogens is 1. The molecule has 1 aliphatic carbocycles. The summed E-state index contributed by atoms with van der Waals surface area (Å²) in [5, 5.41) is 0. The summed E-state index contributed by atoms with van der Waals surface area (Å²) in [5.74, 6) is 0.666. The zero-order valence-corrected chi connectivity index (χ0v) is 12.1. The Kier molecular flexibility index (Phi) is 3.07. The summed E-state index contributed by atoms with van der Waals surface area (Å²) in [6.45, 7) is 3.32. The lowest BCUT2D eigenvalue weighted by Gasteiger charge is -2.33. The highest BCUT2D eigenvalue weighted by Gasteiger charge is 2.57. The monoisotopic (exact) mass is 281 g/mol. The third-order valence-corrected chi connectivity index (χ3v) is 5.20. The van der Waals surface area contributed by atoms with Crippen LogP contribution < -0.4 is 0 Å². The molecule has 2 aromatic rings. The Morgan fingerprint density at radius 1 is 1.05 bits per heavy atom. The lowest BCUT2D eigenvalue weighted by Crippen LogP contribution is -2.38. The van der Waals surface area contributed by atoms with Crippen LogP contribution in [0.5, 0.6) is 0 Å². The smallest absolute Gasteiger partial charge is 0.123 e. The maximum Gasteiger partial charge on any atom is 0.123 e. The van der Waals surface area contributed by atoms with Crippen LogP contribution in [0.25, 0.3) is 0 Å². The van der Waals surface area contributed by atoms with Crippen LogP contribution in [0.15, 0.2) is 54.6 Å². The Hall–Kier alpha value is -1.67. The van der Waals surface area contributed by atoms with Gasteiger partial charge in [0.05, 0.1) is 0 Å². The van der Waals surface area contributed by atoms with Gasteiger partial charge in [-0.1, -0.05) is 42.5 Å². The average Bonchev–Trinajstić information content (AvgIpc) is 3.24. The molecule has 1 saturated carbocycles. The normalized spacial score (nSPS) is 28.1. The summed E-state index contributed by atoms with van der Waals surface area (Å²) in [7, 11) is 0. The molecule has 108 valence electrons. The van der Waals surface area contributed by atoms with Gasteiger partial charge in [0.15, 0.2) is 0 Å². The van der Waals surface area contributed by atoms with Crippen LogP contribution in [0.3, 0.4) is 0 Å². The fourth-order valence-corrected chi connectivity index (χ4v) is 3.97. The zero-order chi connectivity index (χ0) is 14.3. The average molecular weight is 281 g/mol. The molecular weight excluding hydrogens is 261 g/mol. The SMILES string of the molecule is Fc1ccc(C23CC2CCN(Cc2ccccc2)C3)cc1. The number of piperidine rings is 1. The number of hydrogen-bond acceptors (Lipinski definition) is 1. The summed E-state index contributed by atoms with van der Waals surface area (Å²) < 4.78 is 13.1. The fourth-order valence-electron chi connectivity index (χ4n) is 3.97. The van der Waals surface area contributed by atoms with Gasteiger partial charge in [0, 0.05) is 18.5 Å². The molecule has 2 heteroatoms. The van der Waals surface area contributed by atoms with Crippen molar-refractivity contribution in [3.8, 4) is 0 Å². The summed E-state index contributed by atoms with van der Waals surface area (Å²) in [6, 6.07) is 17.9. The predicted octanol–water partition coefficient (Wildman–Crippen LogP) is 3.99. The lowest BCUT2D eigenvalue weighted by atomic mass is 9.89. The topological polar surface area (TPSA) is 3.24 Å². The van der Waals surface area contributed by atoms with Crippen molar-refractivity contribution >= 4 is 0 Å². The molecule has 2 atom stereocenters. The largest absolute Gasteiger partial charge is 0.298 e. The van der Waals surface area contributed by atoms with E-state index in [0.29, 0.717) is 5.41 Å². The van der Waals surface area contributed by atoms with Gasteiger partial charge in [-0.05, 0) is 48.6 Å². The summed E-state index contributed by atoms with van der Waals surface area (Å²) in [5.41, 5.74) is 3.00. The van der Waals surface area contributed by atoms with Gasteiger partial charge in [0.2, 0.25) is 0 Å². The van der Waals surface area contributed by atoms with Gasteiger partial charge in [-0.2, -0.15) is 0 Å². The zero-order valence-electron chi connectivity index (χ0n) is 12.1. The molecule has 0 aromatic heterocycles. The van der Waals surface area contributed by atoms with Gasteiger partial charge < -0.3 is 0 Å². The van der Waals surface area contributed by atoms with E-state index in [1.165, 1.54) is 30.5 Å². The predicted molar refractivity (Wildman–Crippen MR) is 82.5 cm³/mol. The third kappa shape index (κ3) is 2.38. The van der Waals surface area contributed by atoms with Crippen LogP contribution in [0.2, 0.25) is 0 Å². The third-order valence-electron chi connectivity index (χ3n) is 5.20. The van der Waals surface area contributed by atoms with Crippen molar-refractivity contribution in [3.05, 3.63) is 71.5 Å². The molecule has 2 fully saturated rings. The van der Waals surface area contributed by atoms with Crippen LogP contribution in [0, 0.1) is 11.7 Å². The Morgan fingerprint density at radius 2 is 1.81 bits per heavy atom. The molecular formula is C19H20FN. The second-order valence-corrected chi connectivity index (χ2v) is 6.55. The van der Waals surface area contributed by atoms with Crippen molar-refractivity contribution in [3.63, 3.8) is 0 Å². The molecule has 1 heterocycles. The fraction of sp³-hybridized carbons (Fsp3) is 0.368. The molecule has 2 aliphatic rings. The number of likely N-dealkylation sites (tertiary alicyclic amines) is 1. The molecule has 1 nitrogen and oxygen atoms in total. The number of rotatable bonds is 3. The van der Waals surface area contributed by atoms with Crippen LogP contribution >= 0.6 is 0 Å². The molecule has 2 aromatic carbocycles. The number of fused-ring (bicyclic) bond motifs is 1. The Balaban J connectivity index is 1.52. The van der Waals surface area contributed by atoms with E-state index in [-0.39, 0.29) is 5.82 Å². The van der Waals surface area contributed by atoms with E-state index in [9.17, 15) is 4.39 Å². The highest BCUT2D eigenvalue weighted by Crippen LogP contribution is 2.58. The highest BCUT2D eigenvalue weighted by atomic mass is 19.1. The first-order valence-electron chi connectivity index (χ1n) is 7.79. The van der Waals surface area contributed by atoms with Crippen molar-refractivity contribution in [2.75, 3.05) is 13.1 Å². The van der Waals surface area contributed by atoms with Crippen LogP contribution in [-0.4, -0.2) is 18.0 Å². The second kappa shape index (κ2) is 4.96. The van der Waals surface area contributed by atoms with Gasteiger partial charge >= 0.3 is 0 Å². The summed E-state index contributed by atoms with van der Waals surface area (Å²) in [6.07, 6.45) is 2.54. The summed E-state index contributed by atoms with van der Waals surface area (Å²) in [4.78, 5) is 2.56. The Labute approximate surface area is 125 Å². The van der Waals surface area contributed by atoms with Crippen molar-refractivity contribution < 1.29 is 4.39 Å². The molecule has 0 amide bonds. The summed E-state index contributed by atoms with van der Waals surface area (Å²) >= 11 is 0. The van der Waals surface area contributed by atoms with E-state index in [0.717, 1.165) is 19.0 Å². The number of nitrogens with zero attached hydrogens (tertiary/aromatic N) is 1. The van der Waals surface area contributed by atoms with Gasteiger partial charge in [-0.25, -0.2) is 4.39 Å². The molecule has 0 spiro atoms. The van der Waals surface area contributed by atoms with Crippen molar-refractivity contribution in [1.82, 2.24) is 4.90 Å². The number of hydrogen-bond donors (Lipinski definition) is 0. The Morgan fingerprint density at radius 3 is 2.57 bits per heavy atom. The van der Waals surface area contributed by atoms with Gasteiger partial charge in [-0.15, -0.1) is 0 Å². The first-order valence-corrected chi connectivity index (χ1v) is 7.79. The van der Waals surface area contributed by atoms with Crippen molar-refractivity contribution in [2.24, 2.45) is 5.92 Å². The second-order valence-electron chi connectivity index (χ2n) is 6.55. The molecule has 1 saturated heterocycles. The lowest BCUT2D eigenvalue weighted by molar-refractivity contribution is 0.194. The van der Waals surface area contributed by atoms with E-state index in [1.807, 2.05) is 12.1 Å². The minimum atomic E-state index is -0.135. The molecule has 0 radical (unpaired) electrons. The van der Waals surface area contributed by atoms with Gasteiger partial charge in [-0.3, -0.25) is 4.90 Å². The standard InChI is InChI=1S/C19H20FN/c20-18-8-6-16(7-9-18)19-12-17(19)10-11-21(14-19)13-15-4-2-1-3-5-15/h1-9,17H,10-14H2. The Bertz CT molecular complexity index is 622. The van der Waals surface area contributed by atoms with Crippen LogP contribution in [0.1, 0.15) is 24.0 Å². The van der Waals surface area contributed by atoms with Crippen molar-refractivity contribution in [1.29, 1.82) is 0 Å².